The third-order valence-corrected chi connectivity index (χ3v) is 7.42. The number of rotatable bonds is 7. The van der Waals surface area contributed by atoms with Gasteiger partial charge in [-0.05, 0) is 36.6 Å². The minimum Gasteiger partial charge on any atom is -0.348 e. The number of thiophene rings is 1. The molecular weight excluding hydrogens is 344 g/mol. The molecule has 0 spiro atoms. The first-order valence-corrected chi connectivity index (χ1v) is 11.2. The molecule has 1 aliphatic rings. The second-order valence-electron chi connectivity index (χ2n) is 6.76. The maximum Gasteiger partial charge on any atom is 0.224 e. The van der Waals surface area contributed by atoms with E-state index in [1.807, 2.05) is 24.4 Å². The topological polar surface area (TPSA) is 66.5 Å². The van der Waals surface area contributed by atoms with Crippen LogP contribution in [0.5, 0.6) is 0 Å². The van der Waals surface area contributed by atoms with Crippen LogP contribution in [-0.4, -0.2) is 37.5 Å². The van der Waals surface area contributed by atoms with Gasteiger partial charge in [-0.2, -0.15) is 0 Å². The number of nitrogens with one attached hydrogen (secondary N) is 1. The Balaban J connectivity index is 2.03. The second-order valence-corrected chi connectivity index (χ2v) is 9.83. The van der Waals surface area contributed by atoms with Crippen molar-refractivity contribution >= 4 is 27.3 Å². The molecule has 1 amide bonds. The molecule has 0 saturated carbocycles. The molecule has 1 fully saturated rings. The highest BCUT2D eigenvalue weighted by molar-refractivity contribution is 7.89. The summed E-state index contributed by atoms with van der Waals surface area (Å²) in [6.45, 7) is 6.88. The van der Waals surface area contributed by atoms with Crippen molar-refractivity contribution in [3.63, 3.8) is 0 Å². The van der Waals surface area contributed by atoms with Crippen LogP contribution in [0.2, 0.25) is 0 Å². The average Bonchev–Trinajstić information content (AvgIpc) is 3.06. The van der Waals surface area contributed by atoms with Crippen molar-refractivity contribution in [1.29, 1.82) is 0 Å². The molecule has 7 heteroatoms. The summed E-state index contributed by atoms with van der Waals surface area (Å²) < 4.78 is 26.0. The third kappa shape index (κ3) is 4.80. The summed E-state index contributed by atoms with van der Waals surface area (Å²) in [6.07, 6.45) is 2.09. The van der Waals surface area contributed by atoms with Crippen LogP contribution in [0.1, 0.15) is 51.0 Å². The third-order valence-electron chi connectivity index (χ3n) is 4.42. The smallest absolute Gasteiger partial charge is 0.224 e. The zero-order chi connectivity index (χ0) is 17.7. The van der Waals surface area contributed by atoms with Crippen LogP contribution in [-0.2, 0) is 14.8 Å². The van der Waals surface area contributed by atoms with Gasteiger partial charge in [0.25, 0.3) is 0 Å². The van der Waals surface area contributed by atoms with Crippen LogP contribution >= 0.6 is 11.3 Å². The molecule has 136 valence electrons. The van der Waals surface area contributed by atoms with Gasteiger partial charge in [-0.25, -0.2) is 12.7 Å². The monoisotopic (exact) mass is 372 g/mol. The molecule has 1 saturated heterocycles. The quantitative estimate of drug-likeness (QED) is 0.800. The molecule has 1 aromatic heterocycles. The highest BCUT2D eigenvalue weighted by Crippen LogP contribution is 2.27. The van der Waals surface area contributed by atoms with Gasteiger partial charge in [-0.15, -0.1) is 11.3 Å². The molecular formula is C17H28N2O3S2. The van der Waals surface area contributed by atoms with E-state index in [0.717, 1.165) is 17.7 Å². The molecule has 0 aliphatic carbocycles. The molecule has 2 atom stereocenters. The van der Waals surface area contributed by atoms with Crippen LogP contribution in [0.4, 0.5) is 0 Å². The minimum atomic E-state index is -3.23. The molecule has 1 aliphatic heterocycles. The normalized spacial score (nSPS) is 20.9. The van der Waals surface area contributed by atoms with Crippen LogP contribution < -0.4 is 5.32 Å². The minimum absolute atomic E-state index is 0.0138. The van der Waals surface area contributed by atoms with Gasteiger partial charge in [-0.3, -0.25) is 4.79 Å². The van der Waals surface area contributed by atoms with Gasteiger partial charge in [0, 0.05) is 18.0 Å². The zero-order valence-electron chi connectivity index (χ0n) is 14.7. The number of nitrogens with zero attached hydrogens (tertiary/aromatic N) is 1. The maximum absolute atomic E-state index is 12.7. The van der Waals surface area contributed by atoms with Gasteiger partial charge in [0.2, 0.25) is 15.9 Å². The Morgan fingerprint density at radius 2 is 2.21 bits per heavy atom. The molecule has 0 unspecified atom stereocenters. The average molecular weight is 373 g/mol. The van der Waals surface area contributed by atoms with Crippen LogP contribution in [0.25, 0.3) is 0 Å². The summed E-state index contributed by atoms with van der Waals surface area (Å²) >= 11 is 1.64. The molecule has 5 nitrogen and oxygen atoms in total. The van der Waals surface area contributed by atoms with E-state index >= 15 is 0 Å². The van der Waals surface area contributed by atoms with E-state index in [0.29, 0.717) is 19.5 Å². The highest BCUT2D eigenvalue weighted by Gasteiger charge is 2.33. The lowest BCUT2D eigenvalue weighted by atomic mass is 9.96. The Hall–Kier alpha value is -0.920. The van der Waals surface area contributed by atoms with Crippen molar-refractivity contribution in [1.82, 2.24) is 9.62 Å². The number of amides is 1. The summed E-state index contributed by atoms with van der Waals surface area (Å²) in [5.74, 6) is 0.159. The molecule has 0 bridgehead atoms. The Morgan fingerprint density at radius 1 is 1.46 bits per heavy atom. The van der Waals surface area contributed by atoms with Gasteiger partial charge < -0.3 is 5.32 Å². The zero-order valence-corrected chi connectivity index (χ0v) is 16.3. The van der Waals surface area contributed by atoms with Crippen molar-refractivity contribution in [2.45, 2.75) is 46.1 Å². The van der Waals surface area contributed by atoms with Crippen molar-refractivity contribution < 1.29 is 13.2 Å². The Kier molecular flexibility index (Phi) is 6.83. The van der Waals surface area contributed by atoms with Gasteiger partial charge >= 0.3 is 0 Å². The first-order chi connectivity index (χ1) is 11.3. The van der Waals surface area contributed by atoms with Gasteiger partial charge in [0.15, 0.2) is 0 Å². The SMILES string of the molecule is CCCS(=O)(=O)N1CCC[C@@H](C(=O)N[C@H](c2cccs2)C(C)C)C1. The van der Waals surface area contributed by atoms with E-state index in [2.05, 4.69) is 19.2 Å². The fourth-order valence-corrected chi connectivity index (χ4v) is 5.64. The number of carbonyl (C=O) groups is 1. The first kappa shape index (κ1) is 19.4. The molecule has 1 aromatic rings. The Morgan fingerprint density at radius 3 is 2.79 bits per heavy atom. The van der Waals surface area contributed by atoms with Gasteiger partial charge in [-0.1, -0.05) is 26.8 Å². The lowest BCUT2D eigenvalue weighted by Crippen LogP contribution is -2.47. The molecule has 1 N–H and O–H groups in total. The first-order valence-electron chi connectivity index (χ1n) is 8.66. The van der Waals surface area contributed by atoms with Crippen LogP contribution in [0, 0.1) is 11.8 Å². The number of carbonyl (C=O) groups excluding carboxylic acids is 1. The number of hydrogen-bond donors (Lipinski definition) is 1. The maximum atomic E-state index is 12.7. The van der Waals surface area contributed by atoms with E-state index in [1.54, 1.807) is 11.3 Å². The Labute approximate surface area is 149 Å². The second kappa shape index (κ2) is 8.45. The van der Waals surface area contributed by atoms with Crippen LogP contribution in [0.15, 0.2) is 17.5 Å². The predicted octanol–water partition coefficient (Wildman–Crippen LogP) is 3.01. The fourth-order valence-electron chi connectivity index (χ4n) is 3.10. The van der Waals surface area contributed by atoms with Crippen LogP contribution in [0.3, 0.4) is 0 Å². The molecule has 2 heterocycles. The van der Waals surface area contributed by atoms with E-state index in [-0.39, 0.29) is 29.5 Å². The molecule has 0 aromatic carbocycles. The van der Waals surface area contributed by atoms with Gasteiger partial charge in [0.05, 0.1) is 17.7 Å². The van der Waals surface area contributed by atoms with Crippen molar-refractivity contribution in [3.8, 4) is 0 Å². The summed E-state index contributed by atoms with van der Waals surface area (Å²) in [5.41, 5.74) is 0. The lowest BCUT2D eigenvalue weighted by Gasteiger charge is -2.32. The molecule has 24 heavy (non-hydrogen) atoms. The summed E-state index contributed by atoms with van der Waals surface area (Å²) in [4.78, 5) is 13.9. The van der Waals surface area contributed by atoms with E-state index < -0.39 is 10.0 Å². The van der Waals surface area contributed by atoms with Crippen molar-refractivity contribution in [2.75, 3.05) is 18.8 Å². The largest absolute Gasteiger partial charge is 0.348 e. The number of piperidine rings is 1. The molecule has 2 rings (SSSR count). The standard InChI is InChI=1S/C17H28N2O3S2/c1-4-11-24(21,22)19-9-5-7-14(12-19)17(20)18-16(13(2)3)15-8-6-10-23-15/h6,8,10,13-14,16H,4-5,7,9,11-12H2,1-3H3,(H,18,20)/t14-,16+/m1/s1. The fraction of sp³-hybridized carbons (Fsp3) is 0.706. The summed E-state index contributed by atoms with van der Waals surface area (Å²) in [6, 6.07) is 4.01. The number of sulfonamides is 1. The van der Waals surface area contributed by atoms with Gasteiger partial charge in [0.1, 0.15) is 0 Å². The highest BCUT2D eigenvalue weighted by atomic mass is 32.2. The number of hydrogen-bond acceptors (Lipinski definition) is 4. The summed E-state index contributed by atoms with van der Waals surface area (Å²) in [7, 11) is -3.23. The Bertz CT molecular complexity index is 626. The molecule has 0 radical (unpaired) electrons. The predicted molar refractivity (Wildman–Crippen MR) is 98.4 cm³/mol. The van der Waals surface area contributed by atoms with Crippen molar-refractivity contribution in [3.05, 3.63) is 22.4 Å². The summed E-state index contributed by atoms with van der Waals surface area (Å²) in [5, 5.41) is 5.15. The van der Waals surface area contributed by atoms with E-state index in [9.17, 15) is 13.2 Å². The van der Waals surface area contributed by atoms with E-state index in [4.69, 9.17) is 0 Å². The van der Waals surface area contributed by atoms with Crippen molar-refractivity contribution in [2.24, 2.45) is 11.8 Å². The lowest BCUT2D eigenvalue weighted by molar-refractivity contribution is -0.127. The van der Waals surface area contributed by atoms with E-state index in [1.165, 1.54) is 4.31 Å².